The van der Waals surface area contributed by atoms with Gasteiger partial charge >= 0.3 is 0 Å². The van der Waals surface area contributed by atoms with Gasteiger partial charge in [0.05, 0.1) is 0 Å². The van der Waals surface area contributed by atoms with Crippen molar-refractivity contribution in [1.82, 2.24) is 0 Å². The van der Waals surface area contributed by atoms with Gasteiger partial charge < -0.3 is 0 Å². The molecule has 1 aromatic rings. The summed E-state index contributed by atoms with van der Waals surface area (Å²) in [4.78, 5) is 0. The molecule has 0 aliphatic heterocycles. The average molecular weight is 214 g/mol. The van der Waals surface area contributed by atoms with Crippen LogP contribution in [0.1, 0.15) is 44.6 Å². The molecule has 1 rings (SSSR count). The standard InChI is InChI=1S/C11H20P2/c1-2-3-4-5-6-7-10-8-9-13-11(10)12/h8-9,13H,2-7,12H2,1H3. The highest BCUT2D eigenvalue weighted by molar-refractivity contribution is 7.51. The average Bonchev–Trinajstić information content (AvgIpc) is 2.52. The molecule has 0 amide bonds. The van der Waals surface area contributed by atoms with Crippen LogP contribution in [-0.4, -0.2) is 0 Å². The van der Waals surface area contributed by atoms with E-state index in [-0.39, 0.29) is 0 Å². The molecule has 0 saturated carbocycles. The molecule has 1 aromatic heterocycles. The fourth-order valence-corrected chi connectivity index (χ4v) is 2.94. The molecule has 0 saturated heterocycles. The maximum absolute atomic E-state index is 2.87. The van der Waals surface area contributed by atoms with Gasteiger partial charge in [-0.1, -0.05) is 38.7 Å². The number of hydrogen-bond donors (Lipinski definition) is 0. The summed E-state index contributed by atoms with van der Waals surface area (Å²) in [5, 5.41) is 1.54. The smallest absolute Gasteiger partial charge is 0.0108 e. The maximum Gasteiger partial charge on any atom is -0.0108 e. The molecule has 0 fully saturated rings. The zero-order valence-electron chi connectivity index (χ0n) is 8.47. The lowest BCUT2D eigenvalue weighted by atomic mass is 10.1. The molecule has 0 nitrogen and oxygen atoms in total. The van der Waals surface area contributed by atoms with Crippen LogP contribution in [0.4, 0.5) is 0 Å². The summed E-state index contributed by atoms with van der Waals surface area (Å²) in [7, 11) is 3.81. The number of unbranched alkanes of at least 4 members (excludes halogenated alkanes) is 4. The Bertz CT molecular complexity index is 228. The van der Waals surface area contributed by atoms with E-state index in [1.54, 1.807) is 5.56 Å². The third-order valence-corrected chi connectivity index (χ3v) is 4.26. The van der Waals surface area contributed by atoms with Gasteiger partial charge in [-0.05, 0) is 29.2 Å². The second kappa shape index (κ2) is 6.63. The van der Waals surface area contributed by atoms with Gasteiger partial charge in [0.15, 0.2) is 0 Å². The molecule has 2 atom stereocenters. The molecule has 0 aliphatic rings. The molecule has 0 spiro atoms. The van der Waals surface area contributed by atoms with Crippen LogP contribution in [0, 0.1) is 0 Å². The Morgan fingerprint density at radius 1 is 1.23 bits per heavy atom. The van der Waals surface area contributed by atoms with Crippen molar-refractivity contribution in [1.29, 1.82) is 0 Å². The van der Waals surface area contributed by atoms with E-state index in [9.17, 15) is 0 Å². The van der Waals surface area contributed by atoms with Crippen molar-refractivity contribution in [3.8, 4) is 0 Å². The van der Waals surface area contributed by atoms with Crippen molar-refractivity contribution in [2.24, 2.45) is 0 Å². The summed E-state index contributed by atoms with van der Waals surface area (Å²) in [6, 6.07) is 2.31. The van der Waals surface area contributed by atoms with Crippen LogP contribution >= 0.6 is 17.4 Å². The zero-order valence-corrected chi connectivity index (χ0v) is 10.6. The summed E-state index contributed by atoms with van der Waals surface area (Å²) in [5.74, 6) is 2.30. The van der Waals surface area contributed by atoms with Crippen LogP contribution in [0.3, 0.4) is 0 Å². The Morgan fingerprint density at radius 2 is 2.00 bits per heavy atom. The number of rotatable bonds is 6. The van der Waals surface area contributed by atoms with Gasteiger partial charge in [-0.15, -0.1) is 17.4 Å². The Kier molecular flexibility index (Phi) is 5.76. The first-order valence-electron chi connectivity index (χ1n) is 5.26. The van der Waals surface area contributed by atoms with Gasteiger partial charge in [-0.2, -0.15) is 0 Å². The van der Waals surface area contributed by atoms with Crippen LogP contribution in [0.2, 0.25) is 0 Å². The molecule has 2 unspecified atom stereocenters. The molecule has 2 heteroatoms. The lowest BCUT2D eigenvalue weighted by Crippen LogP contribution is -1.93. The van der Waals surface area contributed by atoms with Crippen molar-refractivity contribution in [3.05, 3.63) is 17.4 Å². The fraction of sp³-hybridized carbons (Fsp3) is 0.636. The Balaban J connectivity index is 2.10. The van der Waals surface area contributed by atoms with Gasteiger partial charge in [0.1, 0.15) is 0 Å². The van der Waals surface area contributed by atoms with Crippen molar-refractivity contribution in [3.63, 3.8) is 0 Å². The van der Waals surface area contributed by atoms with E-state index in [0.29, 0.717) is 0 Å². The van der Waals surface area contributed by atoms with E-state index < -0.39 is 0 Å². The molecule has 74 valence electrons. The van der Waals surface area contributed by atoms with Crippen LogP contribution < -0.4 is 5.04 Å². The second-order valence-corrected chi connectivity index (χ2v) is 5.90. The predicted molar refractivity (Wildman–Crippen MR) is 67.8 cm³/mol. The fourth-order valence-electron chi connectivity index (χ4n) is 1.55. The molecule has 13 heavy (non-hydrogen) atoms. The van der Waals surface area contributed by atoms with Gasteiger partial charge in [-0.3, -0.25) is 0 Å². The predicted octanol–water partition coefficient (Wildman–Crippen LogP) is 3.73. The highest BCUT2D eigenvalue weighted by Crippen LogP contribution is 2.15. The molecule has 0 bridgehead atoms. The van der Waals surface area contributed by atoms with E-state index >= 15 is 0 Å². The highest BCUT2D eigenvalue weighted by atomic mass is 31.1. The first-order chi connectivity index (χ1) is 6.34. The normalized spacial score (nSPS) is 11.2. The minimum atomic E-state index is 0.937. The minimum absolute atomic E-state index is 0.937. The quantitative estimate of drug-likeness (QED) is 0.500. The Morgan fingerprint density at radius 3 is 2.62 bits per heavy atom. The summed E-state index contributed by atoms with van der Waals surface area (Å²) in [5.41, 5.74) is 1.58. The van der Waals surface area contributed by atoms with E-state index in [4.69, 9.17) is 0 Å². The Hall–Kier alpha value is 0.210. The molecule has 0 aromatic carbocycles. The summed E-state index contributed by atoms with van der Waals surface area (Å²) in [6.07, 6.45) is 8.26. The van der Waals surface area contributed by atoms with Crippen molar-refractivity contribution >= 4 is 22.5 Å². The second-order valence-electron chi connectivity index (χ2n) is 3.58. The maximum atomic E-state index is 2.87. The largest absolute Gasteiger partial charge is 0.132 e. The van der Waals surface area contributed by atoms with Crippen LogP contribution in [0.15, 0.2) is 11.9 Å². The van der Waals surface area contributed by atoms with Crippen molar-refractivity contribution in [2.75, 3.05) is 0 Å². The highest BCUT2D eigenvalue weighted by Gasteiger charge is 1.97. The number of hydrogen-bond acceptors (Lipinski definition) is 0. The summed E-state index contributed by atoms with van der Waals surface area (Å²) >= 11 is 0. The lowest BCUT2D eigenvalue weighted by molar-refractivity contribution is 0.633. The number of aryl methyl sites for hydroxylation is 1. The third-order valence-electron chi connectivity index (χ3n) is 2.42. The van der Waals surface area contributed by atoms with Crippen LogP contribution in [0.5, 0.6) is 0 Å². The molecule has 1 heterocycles. The van der Waals surface area contributed by atoms with E-state index in [0.717, 1.165) is 8.19 Å². The molecule has 0 aliphatic carbocycles. The Labute approximate surface area is 85.8 Å². The SMILES string of the molecule is CCCCCCCc1cc[pH]c1P. The topological polar surface area (TPSA) is 0 Å². The van der Waals surface area contributed by atoms with Gasteiger partial charge in [0.25, 0.3) is 0 Å². The molecular weight excluding hydrogens is 194 g/mol. The molecule has 0 N–H and O–H groups in total. The monoisotopic (exact) mass is 214 g/mol. The summed E-state index contributed by atoms with van der Waals surface area (Å²) in [6.45, 7) is 2.27. The first kappa shape index (κ1) is 11.3. The van der Waals surface area contributed by atoms with Gasteiger partial charge in [0, 0.05) is 0 Å². The zero-order chi connectivity index (χ0) is 9.52. The van der Waals surface area contributed by atoms with Crippen LogP contribution in [-0.2, 0) is 6.42 Å². The van der Waals surface area contributed by atoms with E-state index in [1.807, 2.05) is 0 Å². The van der Waals surface area contributed by atoms with Gasteiger partial charge in [-0.25, -0.2) is 0 Å². The van der Waals surface area contributed by atoms with Crippen molar-refractivity contribution in [2.45, 2.75) is 45.4 Å². The third kappa shape index (κ3) is 4.30. The molecule has 0 radical (unpaired) electrons. The van der Waals surface area contributed by atoms with E-state index in [2.05, 4.69) is 28.0 Å². The van der Waals surface area contributed by atoms with Crippen molar-refractivity contribution < 1.29 is 0 Å². The molecular formula is C11H20P2. The van der Waals surface area contributed by atoms with Crippen LogP contribution in [0.25, 0.3) is 0 Å². The van der Waals surface area contributed by atoms with Gasteiger partial charge in [0.2, 0.25) is 0 Å². The van der Waals surface area contributed by atoms with E-state index in [1.165, 1.54) is 43.6 Å². The minimum Gasteiger partial charge on any atom is -0.132 e. The summed E-state index contributed by atoms with van der Waals surface area (Å²) < 4.78 is 0. The lowest BCUT2D eigenvalue weighted by Gasteiger charge is -2.00. The first-order valence-corrected chi connectivity index (χ1v) is 6.91.